The number of rotatable bonds is 5. The van der Waals surface area contributed by atoms with Crippen molar-refractivity contribution in [1.82, 2.24) is 20.2 Å². The van der Waals surface area contributed by atoms with Gasteiger partial charge in [-0.05, 0) is 12.8 Å². The minimum Gasteiger partial charge on any atom is -0.477 e. The summed E-state index contributed by atoms with van der Waals surface area (Å²) in [4.78, 5) is 21.8. The summed E-state index contributed by atoms with van der Waals surface area (Å²) in [6, 6.07) is -0.116. The van der Waals surface area contributed by atoms with Gasteiger partial charge in [-0.3, -0.25) is 0 Å². The summed E-state index contributed by atoms with van der Waals surface area (Å²) in [5, 5.41) is 2.76. The number of carbonyl (C=O) groups is 1. The van der Waals surface area contributed by atoms with Crippen LogP contribution in [0.5, 0.6) is 11.8 Å². The zero-order valence-corrected chi connectivity index (χ0v) is 12.7. The molecule has 7 nitrogen and oxygen atoms in total. The Kier molecular flexibility index (Phi) is 5.86. The number of urea groups is 1. The summed E-state index contributed by atoms with van der Waals surface area (Å²) in [7, 11) is 1.52. The monoisotopic (exact) mass is 314 g/mol. The lowest BCUT2D eigenvalue weighted by atomic mass is 10.1. The number of hydrogen-bond acceptors (Lipinski definition) is 5. The van der Waals surface area contributed by atoms with E-state index in [1.165, 1.54) is 7.11 Å². The summed E-state index contributed by atoms with van der Waals surface area (Å²) in [6.45, 7) is 1.68. The standard InChI is InChI=1S/C13H19ClN4O3/c1-20-11-12(16-7-6-15-11)21-10-3-2-8-18(9-10)13(19)17-5-4-14/h6-7,10H,2-5,8-9H2,1H3,(H,17,19). The molecule has 2 amide bonds. The predicted molar refractivity (Wildman–Crippen MR) is 77.9 cm³/mol. The second-order valence-electron chi connectivity index (χ2n) is 4.62. The number of nitrogens with zero attached hydrogens (tertiary/aromatic N) is 3. The van der Waals surface area contributed by atoms with Crippen LogP contribution in [0.4, 0.5) is 4.79 Å². The maximum Gasteiger partial charge on any atom is 0.317 e. The molecular weight excluding hydrogens is 296 g/mol. The van der Waals surface area contributed by atoms with Crippen LogP contribution in [-0.4, -0.2) is 59.6 Å². The Morgan fingerprint density at radius 3 is 2.95 bits per heavy atom. The Morgan fingerprint density at radius 1 is 1.48 bits per heavy atom. The second kappa shape index (κ2) is 7.87. The van der Waals surface area contributed by atoms with Crippen LogP contribution >= 0.6 is 11.6 Å². The maximum absolute atomic E-state index is 11.9. The third-order valence-corrected chi connectivity index (χ3v) is 3.33. The van der Waals surface area contributed by atoms with E-state index in [2.05, 4.69) is 15.3 Å². The summed E-state index contributed by atoms with van der Waals surface area (Å²) >= 11 is 5.57. The number of carbonyl (C=O) groups excluding carboxylic acids is 1. The molecule has 8 heteroatoms. The number of halogens is 1. The molecule has 0 radical (unpaired) electrons. The van der Waals surface area contributed by atoms with Crippen LogP contribution in [0.2, 0.25) is 0 Å². The van der Waals surface area contributed by atoms with Gasteiger partial charge in [-0.25, -0.2) is 14.8 Å². The molecule has 1 saturated heterocycles. The van der Waals surface area contributed by atoms with E-state index in [-0.39, 0.29) is 12.1 Å². The molecule has 1 aliphatic heterocycles. The van der Waals surface area contributed by atoms with Crippen molar-refractivity contribution in [2.75, 3.05) is 32.6 Å². The van der Waals surface area contributed by atoms with Crippen molar-refractivity contribution in [3.63, 3.8) is 0 Å². The van der Waals surface area contributed by atoms with Gasteiger partial charge in [0, 0.05) is 31.4 Å². The quantitative estimate of drug-likeness (QED) is 0.828. The van der Waals surface area contributed by atoms with Gasteiger partial charge >= 0.3 is 6.03 Å². The van der Waals surface area contributed by atoms with Crippen LogP contribution < -0.4 is 14.8 Å². The third kappa shape index (κ3) is 4.35. The van der Waals surface area contributed by atoms with E-state index in [4.69, 9.17) is 21.1 Å². The topological polar surface area (TPSA) is 76.6 Å². The fourth-order valence-electron chi connectivity index (χ4n) is 2.18. The first-order valence-electron chi connectivity index (χ1n) is 6.85. The molecule has 0 spiro atoms. The molecular formula is C13H19ClN4O3. The molecule has 1 N–H and O–H groups in total. The van der Waals surface area contributed by atoms with Gasteiger partial charge in [-0.15, -0.1) is 11.6 Å². The highest BCUT2D eigenvalue weighted by Gasteiger charge is 2.26. The van der Waals surface area contributed by atoms with E-state index < -0.39 is 0 Å². The van der Waals surface area contributed by atoms with Crippen molar-refractivity contribution in [3.8, 4) is 11.8 Å². The number of ether oxygens (including phenoxy) is 2. The molecule has 0 aliphatic carbocycles. The fourth-order valence-corrected chi connectivity index (χ4v) is 2.27. The number of alkyl halides is 1. The lowest BCUT2D eigenvalue weighted by molar-refractivity contribution is 0.0946. The zero-order chi connectivity index (χ0) is 15.1. The van der Waals surface area contributed by atoms with Crippen LogP contribution in [0.3, 0.4) is 0 Å². The van der Waals surface area contributed by atoms with Gasteiger partial charge in [0.25, 0.3) is 11.8 Å². The predicted octanol–water partition coefficient (Wildman–Crippen LogP) is 1.28. The van der Waals surface area contributed by atoms with Crippen molar-refractivity contribution in [2.24, 2.45) is 0 Å². The first kappa shape index (κ1) is 15.6. The molecule has 0 bridgehead atoms. The summed E-state index contributed by atoms with van der Waals surface area (Å²) < 4.78 is 10.9. The van der Waals surface area contributed by atoms with Crippen LogP contribution in [-0.2, 0) is 0 Å². The van der Waals surface area contributed by atoms with Gasteiger partial charge in [0.05, 0.1) is 13.7 Å². The molecule has 1 aromatic rings. The first-order valence-corrected chi connectivity index (χ1v) is 7.38. The van der Waals surface area contributed by atoms with E-state index in [1.807, 2.05) is 0 Å². The lowest BCUT2D eigenvalue weighted by Crippen LogP contribution is -2.49. The Labute approximate surface area is 128 Å². The number of amides is 2. The number of piperidine rings is 1. The van der Waals surface area contributed by atoms with Crippen molar-refractivity contribution in [2.45, 2.75) is 18.9 Å². The van der Waals surface area contributed by atoms with Gasteiger partial charge in [-0.1, -0.05) is 0 Å². The normalized spacial score (nSPS) is 18.2. The van der Waals surface area contributed by atoms with Crippen LogP contribution in [0.1, 0.15) is 12.8 Å². The van der Waals surface area contributed by atoms with Crippen molar-refractivity contribution in [3.05, 3.63) is 12.4 Å². The highest BCUT2D eigenvalue weighted by molar-refractivity contribution is 6.18. The van der Waals surface area contributed by atoms with E-state index >= 15 is 0 Å². The molecule has 1 fully saturated rings. The summed E-state index contributed by atoms with van der Waals surface area (Å²) in [5.41, 5.74) is 0. The average molecular weight is 315 g/mol. The number of nitrogens with one attached hydrogen (secondary N) is 1. The molecule has 2 heterocycles. The van der Waals surface area contributed by atoms with Gasteiger partial charge in [-0.2, -0.15) is 0 Å². The van der Waals surface area contributed by atoms with E-state index in [0.29, 0.717) is 37.3 Å². The molecule has 1 unspecified atom stereocenters. The Bertz CT molecular complexity index is 474. The van der Waals surface area contributed by atoms with Gasteiger partial charge in [0.15, 0.2) is 0 Å². The highest BCUT2D eigenvalue weighted by Crippen LogP contribution is 2.23. The van der Waals surface area contributed by atoms with Crippen molar-refractivity contribution < 1.29 is 14.3 Å². The minimum absolute atomic E-state index is 0.116. The van der Waals surface area contributed by atoms with Gasteiger partial charge < -0.3 is 19.7 Å². The second-order valence-corrected chi connectivity index (χ2v) is 5.00. The largest absolute Gasteiger partial charge is 0.477 e. The van der Waals surface area contributed by atoms with Crippen LogP contribution in [0.25, 0.3) is 0 Å². The smallest absolute Gasteiger partial charge is 0.317 e. The number of methoxy groups -OCH3 is 1. The molecule has 1 atom stereocenters. The molecule has 0 aromatic carbocycles. The van der Waals surface area contributed by atoms with Gasteiger partial charge in [0.2, 0.25) is 0 Å². The zero-order valence-electron chi connectivity index (χ0n) is 11.9. The van der Waals surface area contributed by atoms with E-state index in [1.54, 1.807) is 17.3 Å². The molecule has 2 rings (SSSR count). The number of hydrogen-bond donors (Lipinski definition) is 1. The van der Waals surface area contributed by atoms with Crippen LogP contribution in [0, 0.1) is 0 Å². The van der Waals surface area contributed by atoms with Crippen molar-refractivity contribution in [1.29, 1.82) is 0 Å². The number of likely N-dealkylation sites (tertiary alicyclic amines) is 1. The van der Waals surface area contributed by atoms with E-state index in [0.717, 1.165) is 12.8 Å². The molecule has 1 aliphatic rings. The molecule has 1 aromatic heterocycles. The Hall–Kier alpha value is -1.76. The minimum atomic E-state index is -0.119. The van der Waals surface area contributed by atoms with Gasteiger partial charge in [0.1, 0.15) is 6.10 Å². The Morgan fingerprint density at radius 2 is 2.24 bits per heavy atom. The SMILES string of the molecule is COc1nccnc1OC1CCCN(C(=O)NCCCl)C1. The first-order chi connectivity index (χ1) is 10.2. The third-order valence-electron chi connectivity index (χ3n) is 3.14. The average Bonchev–Trinajstić information content (AvgIpc) is 2.53. The lowest BCUT2D eigenvalue weighted by Gasteiger charge is -2.32. The summed E-state index contributed by atoms with van der Waals surface area (Å²) in [5.74, 6) is 1.10. The Balaban J connectivity index is 1.93. The molecule has 0 saturated carbocycles. The highest BCUT2D eigenvalue weighted by atomic mass is 35.5. The molecule has 116 valence electrons. The fraction of sp³-hybridized carbons (Fsp3) is 0.615. The molecule has 21 heavy (non-hydrogen) atoms. The van der Waals surface area contributed by atoms with Crippen LogP contribution in [0.15, 0.2) is 12.4 Å². The number of aromatic nitrogens is 2. The van der Waals surface area contributed by atoms with Crippen molar-refractivity contribution >= 4 is 17.6 Å². The van der Waals surface area contributed by atoms with E-state index in [9.17, 15) is 4.79 Å². The maximum atomic E-state index is 11.9. The summed E-state index contributed by atoms with van der Waals surface area (Å²) in [6.07, 6.45) is 4.70.